The van der Waals surface area contributed by atoms with Crippen LogP contribution in [0.4, 0.5) is 4.79 Å². The van der Waals surface area contributed by atoms with Gasteiger partial charge in [0.05, 0.1) is 29.9 Å². The van der Waals surface area contributed by atoms with Crippen LogP contribution < -0.4 is 10.6 Å². The van der Waals surface area contributed by atoms with Gasteiger partial charge in [-0.15, -0.1) is 11.8 Å². The molecule has 1 aromatic rings. The van der Waals surface area contributed by atoms with E-state index in [1.807, 2.05) is 0 Å². The summed E-state index contributed by atoms with van der Waals surface area (Å²) in [5.74, 6) is 0.545. The number of amides is 2. The number of nitrogens with one attached hydrogen (secondary N) is 2. The van der Waals surface area contributed by atoms with Crippen LogP contribution in [0, 0.1) is 0 Å². The predicted molar refractivity (Wildman–Crippen MR) is 79.6 cm³/mol. The highest BCUT2D eigenvalue weighted by Crippen LogP contribution is 2.33. The molecule has 1 unspecified atom stereocenters. The standard InChI is InChI=1S/C13H17N3O5S/c1-14-13(19)15-2-3-20-4-5-22-10-6-9(17)12-8(11(10)18)7-16-21-12/h6-7,9,17H,2-5H2,1H3,(H2,14,15,19). The van der Waals surface area contributed by atoms with Crippen LogP contribution in [0.5, 0.6) is 0 Å². The largest absolute Gasteiger partial charge is 0.381 e. The number of carbonyl (C=O) groups is 2. The highest BCUT2D eigenvalue weighted by Gasteiger charge is 2.29. The Kier molecular flexibility index (Phi) is 5.99. The number of aromatic nitrogens is 1. The van der Waals surface area contributed by atoms with Crippen molar-refractivity contribution in [1.82, 2.24) is 15.8 Å². The van der Waals surface area contributed by atoms with Gasteiger partial charge in [-0.05, 0) is 6.08 Å². The van der Waals surface area contributed by atoms with Gasteiger partial charge in [0.2, 0.25) is 5.78 Å². The number of carbonyl (C=O) groups excluding carboxylic acids is 2. The lowest BCUT2D eigenvalue weighted by molar-refractivity contribution is 0.101. The molecule has 1 aromatic heterocycles. The van der Waals surface area contributed by atoms with Crippen LogP contribution >= 0.6 is 11.8 Å². The number of aliphatic hydroxyl groups is 1. The summed E-state index contributed by atoms with van der Waals surface area (Å²) in [5.41, 5.74) is 0.299. The number of ketones is 1. The number of rotatable bonds is 7. The van der Waals surface area contributed by atoms with Gasteiger partial charge in [0.1, 0.15) is 6.10 Å². The molecule has 0 saturated carbocycles. The van der Waals surface area contributed by atoms with Crippen molar-refractivity contribution in [2.75, 3.05) is 32.6 Å². The second-order valence-electron chi connectivity index (χ2n) is 4.38. The maximum absolute atomic E-state index is 12.1. The Bertz CT molecular complexity index is 572. The quantitative estimate of drug-likeness (QED) is 0.624. The first-order valence-corrected chi connectivity index (χ1v) is 7.67. The van der Waals surface area contributed by atoms with E-state index in [0.29, 0.717) is 36.0 Å². The van der Waals surface area contributed by atoms with Gasteiger partial charge in [0, 0.05) is 19.3 Å². The van der Waals surface area contributed by atoms with Crippen molar-refractivity contribution in [2.24, 2.45) is 0 Å². The van der Waals surface area contributed by atoms with Crippen LogP contribution in [0.1, 0.15) is 22.2 Å². The lowest BCUT2D eigenvalue weighted by atomic mass is 10.0. The first kappa shape index (κ1) is 16.5. The average Bonchev–Trinajstić information content (AvgIpc) is 3.01. The minimum atomic E-state index is -0.949. The first-order chi connectivity index (χ1) is 10.6. The summed E-state index contributed by atoms with van der Waals surface area (Å²) in [6.45, 7) is 1.23. The minimum absolute atomic E-state index is 0.186. The fraction of sp³-hybridized carbons (Fsp3) is 0.462. The maximum atomic E-state index is 12.1. The van der Waals surface area contributed by atoms with E-state index in [0.717, 1.165) is 0 Å². The van der Waals surface area contributed by atoms with Crippen molar-refractivity contribution in [3.63, 3.8) is 0 Å². The normalized spacial score (nSPS) is 16.9. The van der Waals surface area contributed by atoms with Crippen LogP contribution in [0.25, 0.3) is 0 Å². The zero-order valence-electron chi connectivity index (χ0n) is 12.0. The summed E-state index contributed by atoms with van der Waals surface area (Å²) in [7, 11) is 1.54. The SMILES string of the molecule is CNC(=O)NCCOCCSC1=CC(O)c2oncc2C1=O. The molecule has 0 spiro atoms. The van der Waals surface area contributed by atoms with Crippen molar-refractivity contribution in [3.8, 4) is 0 Å². The molecule has 3 N–H and O–H groups in total. The van der Waals surface area contributed by atoms with Crippen LogP contribution in [0.2, 0.25) is 0 Å². The number of urea groups is 1. The fourth-order valence-corrected chi connectivity index (χ4v) is 2.70. The Labute approximate surface area is 131 Å². The molecule has 120 valence electrons. The van der Waals surface area contributed by atoms with Crippen molar-refractivity contribution >= 4 is 23.6 Å². The lowest BCUT2D eigenvalue weighted by Gasteiger charge is -2.14. The second kappa shape index (κ2) is 7.97. The van der Waals surface area contributed by atoms with Crippen molar-refractivity contribution < 1.29 is 24.0 Å². The molecule has 0 saturated heterocycles. The molecule has 9 heteroatoms. The molecule has 2 rings (SSSR count). The monoisotopic (exact) mass is 327 g/mol. The van der Waals surface area contributed by atoms with E-state index in [9.17, 15) is 14.7 Å². The molecule has 1 heterocycles. The molecule has 2 amide bonds. The zero-order valence-corrected chi connectivity index (χ0v) is 12.8. The minimum Gasteiger partial charge on any atom is -0.381 e. The number of aliphatic hydroxyl groups excluding tert-OH is 1. The number of allylic oxidation sites excluding steroid dienone is 1. The van der Waals surface area contributed by atoms with Gasteiger partial charge in [-0.25, -0.2) is 4.79 Å². The Balaban J connectivity index is 1.67. The average molecular weight is 327 g/mol. The smallest absolute Gasteiger partial charge is 0.314 e. The summed E-state index contributed by atoms with van der Waals surface area (Å²) < 4.78 is 10.2. The zero-order chi connectivity index (χ0) is 15.9. The van der Waals surface area contributed by atoms with E-state index in [-0.39, 0.29) is 17.6 Å². The number of hydrogen-bond donors (Lipinski definition) is 3. The third-order valence-electron chi connectivity index (χ3n) is 2.89. The molecular formula is C13H17N3O5S. The second-order valence-corrected chi connectivity index (χ2v) is 5.51. The van der Waals surface area contributed by atoms with Crippen molar-refractivity contribution in [3.05, 3.63) is 28.5 Å². The number of hydrogen-bond acceptors (Lipinski definition) is 7. The molecule has 1 atom stereocenters. The summed E-state index contributed by atoms with van der Waals surface area (Å²) in [6.07, 6.45) is 1.82. The van der Waals surface area contributed by atoms with E-state index in [2.05, 4.69) is 15.8 Å². The third-order valence-corrected chi connectivity index (χ3v) is 3.89. The molecule has 0 aromatic carbocycles. The Hall–Kier alpha value is -1.84. The fourth-order valence-electron chi connectivity index (χ4n) is 1.81. The Morgan fingerprint density at radius 1 is 1.55 bits per heavy atom. The van der Waals surface area contributed by atoms with Gasteiger partial charge in [-0.2, -0.15) is 0 Å². The van der Waals surface area contributed by atoms with E-state index < -0.39 is 6.10 Å². The Morgan fingerprint density at radius 2 is 2.36 bits per heavy atom. The predicted octanol–water partition coefficient (Wildman–Crippen LogP) is 0.467. The van der Waals surface area contributed by atoms with Gasteiger partial charge in [-0.3, -0.25) is 4.79 Å². The summed E-state index contributed by atoms with van der Waals surface area (Å²) in [6, 6.07) is -0.255. The van der Waals surface area contributed by atoms with Gasteiger partial charge < -0.3 is 25.0 Å². The van der Waals surface area contributed by atoms with Crippen molar-refractivity contribution in [1.29, 1.82) is 0 Å². The molecule has 0 bridgehead atoms. The first-order valence-electron chi connectivity index (χ1n) is 6.68. The number of nitrogens with zero attached hydrogens (tertiary/aromatic N) is 1. The topological polar surface area (TPSA) is 114 Å². The summed E-state index contributed by atoms with van der Waals surface area (Å²) >= 11 is 1.30. The van der Waals surface area contributed by atoms with Gasteiger partial charge in [0.25, 0.3) is 0 Å². The van der Waals surface area contributed by atoms with Crippen LogP contribution in [0.15, 0.2) is 21.7 Å². The highest BCUT2D eigenvalue weighted by molar-refractivity contribution is 8.04. The van der Waals surface area contributed by atoms with Crippen LogP contribution in [-0.2, 0) is 4.74 Å². The highest BCUT2D eigenvalue weighted by atomic mass is 32.2. The van der Waals surface area contributed by atoms with E-state index in [1.165, 1.54) is 31.1 Å². The van der Waals surface area contributed by atoms with Crippen molar-refractivity contribution in [2.45, 2.75) is 6.10 Å². The molecule has 0 aliphatic heterocycles. The molecule has 1 aliphatic carbocycles. The van der Waals surface area contributed by atoms with E-state index in [1.54, 1.807) is 0 Å². The maximum Gasteiger partial charge on any atom is 0.314 e. The molecule has 1 aliphatic rings. The van der Waals surface area contributed by atoms with E-state index >= 15 is 0 Å². The van der Waals surface area contributed by atoms with Gasteiger partial charge in [0.15, 0.2) is 5.76 Å². The van der Waals surface area contributed by atoms with Gasteiger partial charge >= 0.3 is 6.03 Å². The van der Waals surface area contributed by atoms with E-state index in [4.69, 9.17) is 9.26 Å². The Morgan fingerprint density at radius 3 is 3.14 bits per heavy atom. The number of Topliss-reactive ketones (excluding diaryl/α,β-unsaturated/α-hetero) is 1. The van der Waals surface area contributed by atoms with Crippen LogP contribution in [-0.4, -0.2) is 54.6 Å². The lowest BCUT2D eigenvalue weighted by Crippen LogP contribution is -2.35. The number of thioether (sulfide) groups is 1. The molecular weight excluding hydrogens is 310 g/mol. The number of ether oxygens (including phenoxy) is 1. The third kappa shape index (κ3) is 4.09. The molecule has 22 heavy (non-hydrogen) atoms. The molecule has 8 nitrogen and oxygen atoms in total. The molecule has 0 radical (unpaired) electrons. The number of fused-ring (bicyclic) bond motifs is 1. The summed E-state index contributed by atoms with van der Waals surface area (Å²) in [4.78, 5) is 23.4. The van der Waals surface area contributed by atoms with Gasteiger partial charge in [-0.1, -0.05) is 5.16 Å². The summed E-state index contributed by atoms with van der Waals surface area (Å²) in [5, 5.41) is 18.4. The molecule has 0 fully saturated rings. The van der Waals surface area contributed by atoms with Crippen LogP contribution in [0.3, 0.4) is 0 Å².